The van der Waals surface area contributed by atoms with Gasteiger partial charge in [-0.25, -0.2) is 0 Å². The number of rotatable bonds is 2. The molecule has 0 aliphatic carbocycles. The number of Topliss-reactive ketones (excluding diaryl/α,β-unsaturated/α-hetero) is 1. The molecule has 1 aromatic rings. The number of hydrogen-bond donors (Lipinski definition) is 0. The summed E-state index contributed by atoms with van der Waals surface area (Å²) in [5.41, 5.74) is -0.779. The molecule has 1 unspecified atom stereocenters. The number of carbonyl (C=O) groups excluding carboxylic acids is 1. The Kier molecular flexibility index (Phi) is 2.38. The summed E-state index contributed by atoms with van der Waals surface area (Å²) in [6, 6.07) is 1.94. The monoisotopic (exact) mass is 175 g/mol. The normalized spacial score (nSPS) is 14.2. The summed E-state index contributed by atoms with van der Waals surface area (Å²) < 4.78 is 0. The predicted molar refractivity (Wildman–Crippen MR) is 45.7 cm³/mol. The first-order chi connectivity index (χ1) is 6.11. The largest absolute Gasteiger partial charge is 0.298 e. The maximum Gasteiger partial charge on any atom is 0.156 e. The first-order valence-electron chi connectivity index (χ1n) is 3.80. The highest BCUT2D eigenvalue weighted by Crippen LogP contribution is 2.20. The molecule has 1 aromatic heterocycles. The molecule has 0 aromatic carbocycles. The number of aromatic nitrogens is 2. The van der Waals surface area contributed by atoms with E-state index < -0.39 is 5.41 Å². The Morgan fingerprint density at radius 2 is 2.31 bits per heavy atom. The minimum absolute atomic E-state index is 0.226. The number of hydrogen-bond acceptors (Lipinski definition) is 4. The number of carbonyl (C=O) groups is 1. The minimum Gasteiger partial charge on any atom is -0.298 e. The van der Waals surface area contributed by atoms with Crippen molar-refractivity contribution < 1.29 is 4.79 Å². The zero-order valence-corrected chi connectivity index (χ0v) is 7.48. The zero-order valence-electron chi connectivity index (χ0n) is 7.48. The van der Waals surface area contributed by atoms with Crippen LogP contribution in [0.2, 0.25) is 0 Å². The van der Waals surface area contributed by atoms with Crippen molar-refractivity contribution in [2.24, 2.45) is 0 Å². The predicted octanol–water partition coefficient (Wildman–Crippen LogP) is 0.847. The summed E-state index contributed by atoms with van der Waals surface area (Å²) in [4.78, 5) is 19.0. The van der Waals surface area contributed by atoms with Gasteiger partial charge in [-0.3, -0.25) is 14.8 Å². The van der Waals surface area contributed by atoms with E-state index in [0.29, 0.717) is 5.69 Å². The van der Waals surface area contributed by atoms with Crippen LogP contribution in [-0.4, -0.2) is 15.8 Å². The van der Waals surface area contributed by atoms with Gasteiger partial charge in [-0.2, -0.15) is 5.26 Å². The second kappa shape index (κ2) is 3.31. The summed E-state index contributed by atoms with van der Waals surface area (Å²) in [6.45, 7) is 2.91. The lowest BCUT2D eigenvalue weighted by atomic mass is 9.85. The van der Waals surface area contributed by atoms with Crippen molar-refractivity contribution in [3.05, 3.63) is 24.3 Å². The van der Waals surface area contributed by atoms with Crippen LogP contribution in [-0.2, 0) is 10.2 Å². The Morgan fingerprint density at radius 3 is 2.69 bits per heavy atom. The van der Waals surface area contributed by atoms with E-state index >= 15 is 0 Å². The molecule has 13 heavy (non-hydrogen) atoms. The highest BCUT2D eigenvalue weighted by Gasteiger charge is 2.33. The fourth-order valence-electron chi connectivity index (χ4n) is 0.874. The molecular weight excluding hydrogens is 166 g/mol. The molecule has 1 rings (SSSR count). The third kappa shape index (κ3) is 1.54. The Hall–Kier alpha value is -1.76. The Morgan fingerprint density at radius 1 is 1.62 bits per heavy atom. The molecule has 1 heterocycles. The lowest BCUT2D eigenvalue weighted by Crippen LogP contribution is -2.29. The van der Waals surface area contributed by atoms with Gasteiger partial charge in [0.2, 0.25) is 0 Å². The van der Waals surface area contributed by atoms with E-state index in [1.54, 1.807) is 6.92 Å². The van der Waals surface area contributed by atoms with E-state index in [9.17, 15) is 4.79 Å². The van der Waals surface area contributed by atoms with Crippen molar-refractivity contribution in [3.63, 3.8) is 0 Å². The van der Waals surface area contributed by atoms with Crippen LogP contribution in [0.1, 0.15) is 19.5 Å². The van der Waals surface area contributed by atoms with Crippen LogP contribution >= 0.6 is 0 Å². The number of nitrogens with zero attached hydrogens (tertiary/aromatic N) is 3. The van der Waals surface area contributed by atoms with E-state index in [1.165, 1.54) is 25.5 Å². The first-order valence-corrected chi connectivity index (χ1v) is 3.80. The molecule has 0 fully saturated rings. The van der Waals surface area contributed by atoms with E-state index in [4.69, 9.17) is 5.26 Å². The molecule has 0 spiro atoms. The van der Waals surface area contributed by atoms with Crippen molar-refractivity contribution in [1.29, 1.82) is 5.26 Å². The van der Waals surface area contributed by atoms with Gasteiger partial charge in [0, 0.05) is 12.4 Å². The van der Waals surface area contributed by atoms with E-state index in [2.05, 4.69) is 9.97 Å². The molecule has 1 atom stereocenters. The molecule has 0 saturated carbocycles. The molecular formula is C9H9N3O. The van der Waals surface area contributed by atoms with Crippen molar-refractivity contribution >= 4 is 5.78 Å². The molecule has 0 N–H and O–H groups in total. The van der Waals surface area contributed by atoms with Gasteiger partial charge in [-0.15, -0.1) is 0 Å². The maximum atomic E-state index is 11.2. The van der Waals surface area contributed by atoms with Gasteiger partial charge in [-0.1, -0.05) is 0 Å². The molecule has 0 amide bonds. The number of ketones is 1. The van der Waals surface area contributed by atoms with Crippen LogP contribution in [0.4, 0.5) is 0 Å². The first kappa shape index (κ1) is 9.33. The van der Waals surface area contributed by atoms with Gasteiger partial charge in [0.15, 0.2) is 11.2 Å². The molecule has 0 radical (unpaired) electrons. The van der Waals surface area contributed by atoms with E-state index in [0.717, 1.165) is 0 Å². The summed E-state index contributed by atoms with van der Waals surface area (Å²) in [5.74, 6) is -0.226. The average molecular weight is 175 g/mol. The second-order valence-electron chi connectivity index (χ2n) is 2.88. The van der Waals surface area contributed by atoms with Gasteiger partial charge in [-0.05, 0) is 13.8 Å². The van der Waals surface area contributed by atoms with E-state index in [1.807, 2.05) is 6.07 Å². The lowest BCUT2D eigenvalue weighted by molar-refractivity contribution is -0.120. The van der Waals surface area contributed by atoms with Crippen LogP contribution in [0.15, 0.2) is 18.6 Å². The van der Waals surface area contributed by atoms with Crippen LogP contribution in [0.25, 0.3) is 0 Å². The average Bonchev–Trinajstić information content (AvgIpc) is 2.17. The molecule has 4 nitrogen and oxygen atoms in total. The van der Waals surface area contributed by atoms with Gasteiger partial charge >= 0.3 is 0 Å². The highest BCUT2D eigenvalue weighted by atomic mass is 16.1. The van der Waals surface area contributed by atoms with Crippen molar-refractivity contribution in [1.82, 2.24) is 9.97 Å². The van der Waals surface area contributed by atoms with Crippen molar-refractivity contribution in [2.75, 3.05) is 0 Å². The van der Waals surface area contributed by atoms with Crippen LogP contribution in [0, 0.1) is 11.3 Å². The zero-order chi connectivity index (χ0) is 9.90. The fraction of sp³-hybridized carbons (Fsp3) is 0.333. The summed E-state index contributed by atoms with van der Waals surface area (Å²) >= 11 is 0. The smallest absolute Gasteiger partial charge is 0.156 e. The molecule has 0 bridgehead atoms. The van der Waals surface area contributed by atoms with Crippen molar-refractivity contribution in [2.45, 2.75) is 19.3 Å². The van der Waals surface area contributed by atoms with Gasteiger partial charge in [0.25, 0.3) is 0 Å². The molecule has 0 saturated heterocycles. The fourth-order valence-corrected chi connectivity index (χ4v) is 0.874. The van der Waals surface area contributed by atoms with Crippen LogP contribution in [0.3, 0.4) is 0 Å². The summed E-state index contributed by atoms with van der Waals surface area (Å²) in [5, 5.41) is 8.87. The van der Waals surface area contributed by atoms with E-state index in [-0.39, 0.29) is 5.78 Å². The van der Waals surface area contributed by atoms with Crippen LogP contribution in [0.5, 0.6) is 0 Å². The Balaban J connectivity index is 3.21. The quantitative estimate of drug-likeness (QED) is 0.668. The Labute approximate surface area is 76.2 Å². The SMILES string of the molecule is CC(=O)C(C)(C#N)c1cnccn1. The molecule has 66 valence electrons. The number of nitriles is 1. The third-order valence-corrected chi connectivity index (χ3v) is 2.00. The maximum absolute atomic E-state index is 11.2. The standard InChI is InChI=1S/C9H9N3O/c1-7(13)9(2,6-10)8-5-11-3-4-12-8/h3-5H,1-2H3. The topological polar surface area (TPSA) is 66.6 Å². The summed E-state index contributed by atoms with van der Waals surface area (Å²) in [7, 11) is 0. The van der Waals surface area contributed by atoms with Gasteiger partial charge < -0.3 is 0 Å². The third-order valence-electron chi connectivity index (χ3n) is 2.00. The molecule has 4 heteroatoms. The van der Waals surface area contributed by atoms with Gasteiger partial charge in [0.05, 0.1) is 18.0 Å². The molecule has 0 aliphatic rings. The molecule has 0 aliphatic heterocycles. The lowest BCUT2D eigenvalue weighted by Gasteiger charge is -2.15. The highest BCUT2D eigenvalue weighted by molar-refractivity contribution is 5.90. The minimum atomic E-state index is -1.17. The van der Waals surface area contributed by atoms with Crippen molar-refractivity contribution in [3.8, 4) is 6.07 Å². The Bertz CT molecular complexity index is 355. The second-order valence-corrected chi connectivity index (χ2v) is 2.88. The summed E-state index contributed by atoms with van der Waals surface area (Å²) in [6.07, 6.45) is 4.40. The van der Waals surface area contributed by atoms with Gasteiger partial charge in [0.1, 0.15) is 0 Å². The van der Waals surface area contributed by atoms with Crippen LogP contribution < -0.4 is 0 Å².